The van der Waals surface area contributed by atoms with Crippen molar-refractivity contribution >= 4 is 46.2 Å². The summed E-state index contributed by atoms with van der Waals surface area (Å²) in [6.45, 7) is 0. The normalized spacial score (nSPS) is 9.96. The van der Waals surface area contributed by atoms with Crippen molar-refractivity contribution in [3.05, 3.63) is 72.3 Å². The van der Waals surface area contributed by atoms with Crippen molar-refractivity contribution in [1.82, 2.24) is 25.0 Å². The van der Waals surface area contributed by atoms with E-state index in [9.17, 15) is 20.2 Å². The molecule has 0 aliphatic heterocycles. The van der Waals surface area contributed by atoms with Crippen molar-refractivity contribution in [2.24, 2.45) is 0 Å². The Labute approximate surface area is 159 Å². The number of aromatic nitrogens is 5. The molecule has 3 rings (SSSR count). The molecule has 3 heterocycles. The van der Waals surface area contributed by atoms with E-state index in [1.165, 1.54) is 23.3 Å². The summed E-state index contributed by atoms with van der Waals surface area (Å²) in [6, 6.07) is 2.35. The van der Waals surface area contributed by atoms with E-state index in [2.05, 4.69) is 20.2 Å². The summed E-state index contributed by atoms with van der Waals surface area (Å²) in [6.07, 6.45) is 5.07. The number of rotatable bonds is 3. The van der Waals surface area contributed by atoms with E-state index < -0.39 is 9.85 Å². The Morgan fingerprint density at radius 1 is 0.846 bits per heavy atom. The van der Waals surface area contributed by atoms with Crippen LogP contribution in [0, 0.1) is 20.2 Å². The molecule has 11 nitrogen and oxygen atoms in total. The molecule has 0 unspecified atom stereocenters. The zero-order chi connectivity index (χ0) is 19.3. The third-order valence-electron chi connectivity index (χ3n) is 2.62. The summed E-state index contributed by atoms with van der Waals surface area (Å²) in [5.41, 5.74) is -0.338. The number of hydrogen-bond acceptors (Lipinski definition) is 8. The average molecular weight is 419 g/mol. The van der Waals surface area contributed by atoms with E-state index in [-0.39, 0.29) is 32.4 Å². The highest BCUT2D eigenvalue weighted by atomic mass is 35.5. The van der Waals surface area contributed by atoms with Gasteiger partial charge in [0.15, 0.2) is 5.82 Å². The maximum atomic E-state index is 10.4. The largest absolute Gasteiger partial charge is 0.289 e. The van der Waals surface area contributed by atoms with Gasteiger partial charge in [-0.05, 0) is 0 Å². The first-order valence-corrected chi connectivity index (χ1v) is 7.55. The highest BCUT2D eigenvalue weighted by Gasteiger charge is 2.12. The molecule has 0 saturated carbocycles. The molecule has 26 heavy (non-hydrogen) atoms. The third kappa shape index (κ3) is 4.81. The van der Waals surface area contributed by atoms with Gasteiger partial charge >= 0.3 is 0 Å². The summed E-state index contributed by atoms with van der Waals surface area (Å²) in [5.74, 6) is 0.257. The Morgan fingerprint density at radius 2 is 1.35 bits per heavy atom. The molecular formula is C12H6Cl3N7O4. The molecule has 0 atom stereocenters. The molecule has 3 aromatic rings. The van der Waals surface area contributed by atoms with Crippen molar-refractivity contribution in [3.8, 4) is 5.82 Å². The Bertz CT molecular complexity index is 952. The second-order valence-electron chi connectivity index (χ2n) is 4.30. The van der Waals surface area contributed by atoms with Crippen LogP contribution in [0.15, 0.2) is 36.9 Å². The second-order valence-corrected chi connectivity index (χ2v) is 5.47. The molecule has 0 fully saturated rings. The van der Waals surface area contributed by atoms with Crippen LogP contribution < -0.4 is 0 Å². The van der Waals surface area contributed by atoms with Gasteiger partial charge in [-0.3, -0.25) is 20.2 Å². The van der Waals surface area contributed by atoms with Crippen molar-refractivity contribution in [2.45, 2.75) is 0 Å². The summed E-state index contributed by atoms with van der Waals surface area (Å²) >= 11 is 16.7. The molecule has 0 bridgehead atoms. The number of halogens is 3. The Hall–Kier alpha value is -2.89. The fourth-order valence-electron chi connectivity index (χ4n) is 1.50. The molecule has 0 saturated heterocycles. The van der Waals surface area contributed by atoms with E-state index >= 15 is 0 Å². The van der Waals surface area contributed by atoms with Gasteiger partial charge in [-0.2, -0.15) is 10.2 Å². The molecule has 3 aromatic heterocycles. The van der Waals surface area contributed by atoms with Gasteiger partial charge in [0.05, 0.1) is 32.3 Å². The quantitative estimate of drug-likeness (QED) is 0.357. The number of nitrogens with zero attached hydrogens (tertiary/aromatic N) is 7. The minimum atomic E-state index is -0.588. The first-order valence-electron chi connectivity index (χ1n) is 6.41. The molecule has 0 aromatic carbocycles. The zero-order valence-electron chi connectivity index (χ0n) is 12.4. The van der Waals surface area contributed by atoms with E-state index in [1.807, 2.05) is 0 Å². The van der Waals surface area contributed by atoms with Crippen molar-refractivity contribution in [1.29, 1.82) is 0 Å². The molecule has 0 aliphatic carbocycles. The van der Waals surface area contributed by atoms with Gasteiger partial charge in [0, 0.05) is 12.1 Å². The maximum Gasteiger partial charge on any atom is 0.289 e. The van der Waals surface area contributed by atoms with Crippen LogP contribution in [0.4, 0.5) is 11.4 Å². The second kappa shape index (κ2) is 8.47. The minimum absolute atomic E-state index is 0.0669. The van der Waals surface area contributed by atoms with Gasteiger partial charge in [-0.25, -0.2) is 9.97 Å². The average Bonchev–Trinajstić information content (AvgIpc) is 3.12. The van der Waals surface area contributed by atoms with Crippen LogP contribution in [0.1, 0.15) is 0 Å². The summed E-state index contributed by atoms with van der Waals surface area (Å²) in [5, 5.41) is 28.4. The van der Waals surface area contributed by atoms with Gasteiger partial charge < -0.3 is 0 Å². The standard InChI is InChI=1S/C7H4ClN5O2.C5H2Cl2N2O2/c8-6-3-5(13(14)15)4-9-7(6)12-10-1-2-11-12;6-4-1-3(9(10)11)2-8-5(4)7/h1-4H;1-2H. The third-order valence-corrected chi connectivity index (χ3v) is 3.58. The summed E-state index contributed by atoms with van der Waals surface area (Å²) in [4.78, 5) is 27.9. The molecular weight excluding hydrogens is 413 g/mol. The first-order chi connectivity index (χ1) is 12.3. The molecule has 0 aliphatic rings. The Kier molecular flexibility index (Phi) is 6.33. The van der Waals surface area contributed by atoms with Gasteiger partial charge in [0.25, 0.3) is 11.4 Å². The predicted octanol–water partition coefficient (Wildman–Crippen LogP) is 3.52. The lowest BCUT2D eigenvalue weighted by atomic mass is 10.4. The predicted molar refractivity (Wildman–Crippen MR) is 91.7 cm³/mol. The number of hydrogen-bond donors (Lipinski definition) is 0. The topological polar surface area (TPSA) is 143 Å². The lowest BCUT2D eigenvalue weighted by Gasteiger charge is -2.00. The molecule has 0 spiro atoms. The van der Waals surface area contributed by atoms with Crippen LogP contribution >= 0.6 is 34.8 Å². The molecule has 134 valence electrons. The molecule has 0 amide bonds. The van der Waals surface area contributed by atoms with Gasteiger partial charge in [0.2, 0.25) is 0 Å². The maximum absolute atomic E-state index is 10.4. The highest BCUT2D eigenvalue weighted by Crippen LogP contribution is 2.23. The summed E-state index contributed by atoms with van der Waals surface area (Å²) in [7, 11) is 0. The van der Waals surface area contributed by atoms with Crippen molar-refractivity contribution < 1.29 is 9.85 Å². The van der Waals surface area contributed by atoms with Crippen LogP contribution in [-0.2, 0) is 0 Å². The van der Waals surface area contributed by atoms with Crippen LogP contribution in [0.2, 0.25) is 15.2 Å². The van der Waals surface area contributed by atoms with Crippen LogP contribution in [0.25, 0.3) is 5.82 Å². The monoisotopic (exact) mass is 417 g/mol. The fraction of sp³-hybridized carbons (Fsp3) is 0. The summed E-state index contributed by atoms with van der Waals surface area (Å²) < 4.78 is 0. The van der Waals surface area contributed by atoms with Crippen molar-refractivity contribution in [2.75, 3.05) is 0 Å². The van der Waals surface area contributed by atoms with Crippen LogP contribution in [0.3, 0.4) is 0 Å². The van der Waals surface area contributed by atoms with Gasteiger partial charge in [-0.15, -0.1) is 4.80 Å². The SMILES string of the molecule is O=[N+]([O-])c1cnc(-n2nccn2)c(Cl)c1.O=[N+]([O-])c1cnc(Cl)c(Cl)c1. The number of nitro groups is 2. The first kappa shape index (κ1) is 19.4. The van der Waals surface area contributed by atoms with Gasteiger partial charge in [0.1, 0.15) is 17.5 Å². The smallest absolute Gasteiger partial charge is 0.258 e. The van der Waals surface area contributed by atoms with E-state index in [0.717, 1.165) is 18.5 Å². The van der Waals surface area contributed by atoms with Crippen LogP contribution in [-0.4, -0.2) is 34.8 Å². The zero-order valence-corrected chi connectivity index (χ0v) is 14.6. The highest BCUT2D eigenvalue weighted by molar-refractivity contribution is 6.41. The molecule has 0 N–H and O–H groups in total. The minimum Gasteiger partial charge on any atom is -0.258 e. The lowest BCUT2D eigenvalue weighted by Crippen LogP contribution is -2.03. The lowest BCUT2D eigenvalue weighted by molar-refractivity contribution is -0.385. The Balaban J connectivity index is 0.000000197. The van der Waals surface area contributed by atoms with E-state index in [1.54, 1.807) is 0 Å². The molecule has 0 radical (unpaired) electrons. The van der Waals surface area contributed by atoms with Crippen LogP contribution in [0.5, 0.6) is 0 Å². The van der Waals surface area contributed by atoms with E-state index in [0.29, 0.717) is 0 Å². The van der Waals surface area contributed by atoms with E-state index in [4.69, 9.17) is 34.8 Å². The fourth-order valence-corrected chi connectivity index (χ4v) is 2.00. The number of pyridine rings is 2. The Morgan fingerprint density at radius 3 is 1.81 bits per heavy atom. The van der Waals surface area contributed by atoms with Crippen molar-refractivity contribution in [3.63, 3.8) is 0 Å². The molecule has 14 heteroatoms. The van der Waals surface area contributed by atoms with Gasteiger partial charge in [-0.1, -0.05) is 34.8 Å².